The van der Waals surface area contributed by atoms with Crippen molar-refractivity contribution in [3.8, 4) is 5.75 Å². The maximum Gasteiger partial charge on any atom is 0.119 e. The van der Waals surface area contributed by atoms with Crippen LogP contribution < -0.4 is 4.74 Å². The highest BCUT2D eigenvalue weighted by atomic mass is 16.5. The van der Waals surface area contributed by atoms with Crippen LogP contribution in [0.5, 0.6) is 5.75 Å². The molecule has 1 aromatic carbocycles. The van der Waals surface area contributed by atoms with E-state index in [0.29, 0.717) is 6.61 Å². The Balaban J connectivity index is 1.82. The standard InChI is InChI=1S/C16H25NO3/c1-19-9-4-10-20-16-7-2-5-14(11-16)12-17-8-3-6-15(18)13-17/h2,5,7,11,15,18H,3-4,6,8-10,12-13H2,1H3. The molecule has 1 aliphatic rings. The zero-order valence-electron chi connectivity index (χ0n) is 12.3. The van der Waals surface area contributed by atoms with E-state index in [4.69, 9.17) is 9.47 Å². The summed E-state index contributed by atoms with van der Waals surface area (Å²) in [6, 6.07) is 8.22. The van der Waals surface area contributed by atoms with Crippen LogP contribution in [0.4, 0.5) is 0 Å². The van der Waals surface area contributed by atoms with Crippen LogP contribution in [-0.4, -0.2) is 49.5 Å². The van der Waals surface area contributed by atoms with Gasteiger partial charge in [0.2, 0.25) is 0 Å². The quantitative estimate of drug-likeness (QED) is 0.776. The van der Waals surface area contributed by atoms with Gasteiger partial charge in [-0.05, 0) is 37.1 Å². The summed E-state index contributed by atoms with van der Waals surface area (Å²) in [5, 5.41) is 9.70. The third-order valence-electron chi connectivity index (χ3n) is 3.55. The lowest BCUT2D eigenvalue weighted by Crippen LogP contribution is -2.37. The van der Waals surface area contributed by atoms with E-state index in [1.807, 2.05) is 12.1 Å². The number of methoxy groups -OCH3 is 1. The summed E-state index contributed by atoms with van der Waals surface area (Å²) < 4.78 is 10.7. The van der Waals surface area contributed by atoms with Gasteiger partial charge in [0.1, 0.15) is 5.75 Å². The van der Waals surface area contributed by atoms with Gasteiger partial charge in [-0.25, -0.2) is 0 Å². The summed E-state index contributed by atoms with van der Waals surface area (Å²) in [4.78, 5) is 2.30. The van der Waals surface area contributed by atoms with Gasteiger partial charge in [0.15, 0.2) is 0 Å². The molecule has 1 saturated heterocycles. The molecule has 1 N–H and O–H groups in total. The minimum atomic E-state index is -0.169. The first-order chi connectivity index (χ1) is 9.78. The third kappa shape index (κ3) is 5.12. The van der Waals surface area contributed by atoms with Gasteiger partial charge in [-0.2, -0.15) is 0 Å². The molecule has 4 heteroatoms. The normalized spacial score (nSPS) is 20.0. The van der Waals surface area contributed by atoms with Crippen molar-refractivity contribution in [1.29, 1.82) is 0 Å². The number of β-amino-alcohol motifs (C(OH)–C–C–N with tert-alkyl or cyclic N) is 1. The molecule has 0 bridgehead atoms. The predicted molar refractivity (Wildman–Crippen MR) is 78.9 cm³/mol. The van der Waals surface area contributed by atoms with Crippen molar-refractivity contribution in [2.75, 3.05) is 33.4 Å². The van der Waals surface area contributed by atoms with Gasteiger partial charge in [-0.15, -0.1) is 0 Å². The van der Waals surface area contributed by atoms with Crippen LogP contribution in [0.25, 0.3) is 0 Å². The van der Waals surface area contributed by atoms with E-state index in [0.717, 1.165) is 51.3 Å². The van der Waals surface area contributed by atoms with E-state index in [1.165, 1.54) is 5.56 Å². The van der Waals surface area contributed by atoms with Gasteiger partial charge >= 0.3 is 0 Å². The van der Waals surface area contributed by atoms with Gasteiger partial charge in [0.25, 0.3) is 0 Å². The summed E-state index contributed by atoms with van der Waals surface area (Å²) in [6.45, 7) is 4.13. The van der Waals surface area contributed by atoms with Crippen LogP contribution in [0.3, 0.4) is 0 Å². The van der Waals surface area contributed by atoms with E-state index in [9.17, 15) is 5.11 Å². The first-order valence-corrected chi connectivity index (χ1v) is 7.39. The van der Waals surface area contributed by atoms with Crippen molar-refractivity contribution >= 4 is 0 Å². The SMILES string of the molecule is COCCCOc1cccc(CN2CCCC(O)C2)c1. The minimum Gasteiger partial charge on any atom is -0.493 e. The molecule has 0 spiro atoms. The first kappa shape index (κ1) is 15.3. The topological polar surface area (TPSA) is 41.9 Å². The molecule has 20 heavy (non-hydrogen) atoms. The molecule has 0 aromatic heterocycles. The number of hydrogen-bond donors (Lipinski definition) is 1. The maximum atomic E-state index is 9.70. The van der Waals surface area contributed by atoms with Crippen LogP contribution >= 0.6 is 0 Å². The highest BCUT2D eigenvalue weighted by molar-refractivity contribution is 5.28. The van der Waals surface area contributed by atoms with Crippen LogP contribution in [0.1, 0.15) is 24.8 Å². The Morgan fingerprint density at radius 2 is 2.25 bits per heavy atom. The van der Waals surface area contributed by atoms with Crippen LogP contribution in [-0.2, 0) is 11.3 Å². The van der Waals surface area contributed by atoms with Crippen molar-refractivity contribution in [1.82, 2.24) is 4.90 Å². The summed E-state index contributed by atoms with van der Waals surface area (Å²) in [7, 11) is 1.70. The number of aliphatic hydroxyl groups is 1. The lowest BCUT2D eigenvalue weighted by molar-refractivity contribution is 0.0668. The van der Waals surface area contributed by atoms with Crippen LogP contribution in [0, 0.1) is 0 Å². The maximum absolute atomic E-state index is 9.70. The highest BCUT2D eigenvalue weighted by Crippen LogP contribution is 2.18. The van der Waals surface area contributed by atoms with E-state index in [2.05, 4.69) is 17.0 Å². The first-order valence-electron chi connectivity index (χ1n) is 7.39. The third-order valence-corrected chi connectivity index (χ3v) is 3.55. The number of likely N-dealkylation sites (tertiary alicyclic amines) is 1. The fourth-order valence-electron chi connectivity index (χ4n) is 2.56. The molecule has 112 valence electrons. The number of ether oxygens (including phenoxy) is 2. The number of benzene rings is 1. The van der Waals surface area contributed by atoms with E-state index in [1.54, 1.807) is 7.11 Å². The Kier molecular flexibility index (Phi) is 6.30. The molecular formula is C16H25NO3. The van der Waals surface area contributed by atoms with Gasteiger partial charge in [0.05, 0.1) is 12.7 Å². The molecule has 1 heterocycles. The average molecular weight is 279 g/mol. The number of aliphatic hydroxyl groups excluding tert-OH is 1. The monoisotopic (exact) mass is 279 g/mol. The van der Waals surface area contributed by atoms with Crippen LogP contribution in [0.2, 0.25) is 0 Å². The summed E-state index contributed by atoms with van der Waals surface area (Å²) >= 11 is 0. The molecule has 1 aliphatic heterocycles. The molecule has 4 nitrogen and oxygen atoms in total. The van der Waals surface area contributed by atoms with Crippen molar-refractivity contribution in [3.63, 3.8) is 0 Å². The zero-order valence-corrected chi connectivity index (χ0v) is 12.3. The second-order valence-electron chi connectivity index (χ2n) is 5.37. The van der Waals surface area contributed by atoms with E-state index >= 15 is 0 Å². The highest BCUT2D eigenvalue weighted by Gasteiger charge is 2.17. The zero-order chi connectivity index (χ0) is 14.2. The Morgan fingerprint density at radius 1 is 1.35 bits per heavy atom. The molecule has 0 amide bonds. The summed E-state index contributed by atoms with van der Waals surface area (Å²) in [5.74, 6) is 0.913. The second-order valence-corrected chi connectivity index (χ2v) is 5.37. The van der Waals surface area contributed by atoms with Gasteiger partial charge < -0.3 is 14.6 Å². The minimum absolute atomic E-state index is 0.169. The number of rotatable bonds is 7. The molecule has 0 radical (unpaired) electrons. The van der Waals surface area contributed by atoms with Gasteiger partial charge in [-0.3, -0.25) is 4.90 Å². The molecular weight excluding hydrogens is 254 g/mol. The van der Waals surface area contributed by atoms with Gasteiger partial charge in [-0.1, -0.05) is 12.1 Å². The molecule has 2 rings (SSSR count). The molecule has 0 aliphatic carbocycles. The van der Waals surface area contributed by atoms with E-state index in [-0.39, 0.29) is 6.10 Å². The largest absolute Gasteiger partial charge is 0.493 e. The van der Waals surface area contributed by atoms with E-state index < -0.39 is 0 Å². The molecule has 1 aromatic rings. The Hall–Kier alpha value is -1.10. The lowest BCUT2D eigenvalue weighted by atomic mass is 10.1. The van der Waals surface area contributed by atoms with Crippen LogP contribution in [0.15, 0.2) is 24.3 Å². The molecule has 1 atom stereocenters. The molecule has 0 saturated carbocycles. The Bertz CT molecular complexity index is 397. The molecule has 1 unspecified atom stereocenters. The summed E-state index contributed by atoms with van der Waals surface area (Å²) in [6.07, 6.45) is 2.74. The number of nitrogens with zero attached hydrogens (tertiary/aromatic N) is 1. The fourth-order valence-corrected chi connectivity index (χ4v) is 2.56. The van der Waals surface area contributed by atoms with Crippen molar-refractivity contribution < 1.29 is 14.6 Å². The van der Waals surface area contributed by atoms with Gasteiger partial charge in [0, 0.05) is 33.2 Å². The lowest BCUT2D eigenvalue weighted by Gasteiger charge is -2.30. The predicted octanol–water partition coefficient (Wildman–Crippen LogP) is 2.06. The average Bonchev–Trinajstić information content (AvgIpc) is 2.44. The summed E-state index contributed by atoms with van der Waals surface area (Å²) in [5.41, 5.74) is 1.24. The number of hydrogen-bond acceptors (Lipinski definition) is 4. The Labute approximate surface area is 121 Å². The smallest absolute Gasteiger partial charge is 0.119 e. The van der Waals surface area contributed by atoms with Crippen molar-refractivity contribution in [2.24, 2.45) is 0 Å². The van der Waals surface area contributed by atoms with Crippen molar-refractivity contribution in [2.45, 2.75) is 31.9 Å². The Morgan fingerprint density at radius 3 is 3.05 bits per heavy atom. The second kappa shape index (κ2) is 8.25. The van der Waals surface area contributed by atoms with Crippen molar-refractivity contribution in [3.05, 3.63) is 29.8 Å². The number of piperidine rings is 1. The molecule has 1 fully saturated rings. The fraction of sp³-hybridized carbons (Fsp3) is 0.625.